The van der Waals surface area contributed by atoms with Crippen LogP contribution in [0.2, 0.25) is 0 Å². The van der Waals surface area contributed by atoms with Crippen molar-refractivity contribution >= 4 is 23.2 Å². The van der Waals surface area contributed by atoms with Crippen LogP contribution in [-0.4, -0.2) is 34.6 Å². The summed E-state index contributed by atoms with van der Waals surface area (Å²) in [7, 11) is 1.46. The Hall–Kier alpha value is -2.91. The molecule has 0 aromatic carbocycles. The quantitative estimate of drug-likeness (QED) is 0.640. The molecule has 0 aliphatic heterocycles. The zero-order chi connectivity index (χ0) is 21.2. The number of amides is 1. The van der Waals surface area contributed by atoms with E-state index in [0.29, 0.717) is 24.9 Å². The van der Waals surface area contributed by atoms with Crippen molar-refractivity contribution < 1.29 is 22.4 Å². The van der Waals surface area contributed by atoms with Crippen LogP contribution in [0.1, 0.15) is 42.1 Å². The first-order valence-electron chi connectivity index (χ1n) is 9.08. The summed E-state index contributed by atoms with van der Waals surface area (Å²) >= 11 is 0. The van der Waals surface area contributed by atoms with Crippen LogP contribution in [0, 0.1) is 0 Å². The van der Waals surface area contributed by atoms with E-state index in [9.17, 15) is 22.4 Å². The molecule has 3 rings (SSSR count). The number of carbonyl (C=O) groups excluding carboxylic acids is 1. The molecule has 0 radical (unpaired) electrons. The summed E-state index contributed by atoms with van der Waals surface area (Å²) in [5.41, 5.74) is -1.74. The molecule has 10 heteroatoms. The molecule has 0 saturated heterocycles. The molecule has 1 fully saturated rings. The Morgan fingerprint density at radius 2 is 1.97 bits per heavy atom. The number of hydrogen-bond acceptors (Lipinski definition) is 5. The second kappa shape index (κ2) is 7.84. The molecule has 1 saturated carbocycles. The molecule has 29 heavy (non-hydrogen) atoms. The summed E-state index contributed by atoms with van der Waals surface area (Å²) < 4.78 is 53.3. The molecule has 1 aliphatic carbocycles. The minimum Gasteiger partial charge on any atom is -0.378 e. The number of nitrogens with one attached hydrogen (secondary N) is 3. The lowest BCUT2D eigenvalue weighted by Crippen LogP contribution is -2.36. The van der Waals surface area contributed by atoms with Gasteiger partial charge in [0.1, 0.15) is 17.3 Å². The molecule has 1 aliphatic rings. The number of alkyl halides is 4. The molecule has 156 valence electrons. The number of carbonyl (C=O) groups is 1. The fraction of sp³-hybridized carbons (Fsp3) is 0.421. The number of nitrogens with zero attached hydrogens (tertiary/aromatic N) is 2. The third kappa shape index (κ3) is 4.75. The predicted octanol–water partition coefficient (Wildman–Crippen LogP) is 4.29. The lowest BCUT2D eigenvalue weighted by Gasteiger charge is -2.26. The summed E-state index contributed by atoms with van der Waals surface area (Å²) in [5.74, 6) is -0.296. The SMILES string of the molecule is CNC(=O)c1cnc(Nc2cc(C(F)(F)F)ccn2)cc1NC1CCCC1(C)F. The standard InChI is InChI=1S/C19H21F4N5O/c1-18(20)6-3-4-14(18)27-13-9-16(26-10-12(13)17(29)24-2)28-15-8-11(5-7-25-15)19(21,22)23/h5,7-10,14H,3-4,6H2,1-2H3,(H,24,29)(H2,25,26,27,28). The number of aromatic nitrogens is 2. The van der Waals surface area contributed by atoms with Crippen LogP contribution in [0.4, 0.5) is 34.9 Å². The summed E-state index contributed by atoms with van der Waals surface area (Å²) in [4.78, 5) is 20.1. The molecule has 2 atom stereocenters. The van der Waals surface area contributed by atoms with Gasteiger partial charge in [0.05, 0.1) is 22.9 Å². The first-order chi connectivity index (χ1) is 13.6. The van der Waals surface area contributed by atoms with E-state index in [1.165, 1.54) is 26.2 Å². The van der Waals surface area contributed by atoms with Crippen LogP contribution < -0.4 is 16.0 Å². The van der Waals surface area contributed by atoms with Crippen molar-refractivity contribution in [2.24, 2.45) is 0 Å². The Balaban J connectivity index is 1.90. The Morgan fingerprint density at radius 1 is 1.24 bits per heavy atom. The van der Waals surface area contributed by atoms with E-state index in [-0.39, 0.29) is 17.2 Å². The highest BCUT2D eigenvalue weighted by molar-refractivity contribution is 5.99. The second-order valence-electron chi connectivity index (χ2n) is 7.11. The van der Waals surface area contributed by atoms with E-state index < -0.39 is 29.4 Å². The molecule has 3 N–H and O–H groups in total. The normalized spacial score (nSPS) is 21.7. The third-order valence-corrected chi connectivity index (χ3v) is 4.93. The summed E-state index contributed by atoms with van der Waals surface area (Å²) in [6.45, 7) is 1.50. The van der Waals surface area contributed by atoms with Gasteiger partial charge in [-0.15, -0.1) is 0 Å². The maximum absolute atomic E-state index is 14.7. The number of pyridine rings is 2. The number of anilines is 3. The minimum atomic E-state index is -4.50. The van der Waals surface area contributed by atoms with E-state index >= 15 is 0 Å². The number of rotatable bonds is 5. The van der Waals surface area contributed by atoms with Crippen molar-refractivity contribution in [2.45, 2.75) is 44.1 Å². The third-order valence-electron chi connectivity index (χ3n) is 4.93. The van der Waals surface area contributed by atoms with E-state index in [0.717, 1.165) is 18.3 Å². The van der Waals surface area contributed by atoms with Crippen molar-refractivity contribution in [1.82, 2.24) is 15.3 Å². The van der Waals surface area contributed by atoms with Gasteiger partial charge in [-0.1, -0.05) is 0 Å². The van der Waals surface area contributed by atoms with Gasteiger partial charge in [0.25, 0.3) is 5.91 Å². The van der Waals surface area contributed by atoms with Crippen LogP contribution in [0.25, 0.3) is 0 Å². The topological polar surface area (TPSA) is 78.9 Å². The Kier molecular flexibility index (Phi) is 5.63. The van der Waals surface area contributed by atoms with Crippen LogP contribution in [-0.2, 0) is 6.18 Å². The fourth-order valence-electron chi connectivity index (χ4n) is 3.30. The van der Waals surface area contributed by atoms with Gasteiger partial charge in [0.15, 0.2) is 0 Å². The van der Waals surface area contributed by atoms with Gasteiger partial charge < -0.3 is 16.0 Å². The Morgan fingerprint density at radius 3 is 2.59 bits per heavy atom. The maximum Gasteiger partial charge on any atom is 0.416 e. The van der Waals surface area contributed by atoms with Crippen LogP contribution in [0.3, 0.4) is 0 Å². The van der Waals surface area contributed by atoms with Crippen molar-refractivity contribution in [3.8, 4) is 0 Å². The van der Waals surface area contributed by atoms with E-state index in [4.69, 9.17) is 0 Å². The highest BCUT2D eigenvalue weighted by Crippen LogP contribution is 2.36. The van der Waals surface area contributed by atoms with Crippen LogP contribution >= 0.6 is 0 Å². The molecular formula is C19H21F4N5O. The molecule has 0 spiro atoms. The van der Waals surface area contributed by atoms with Crippen molar-refractivity contribution in [1.29, 1.82) is 0 Å². The zero-order valence-corrected chi connectivity index (χ0v) is 15.9. The smallest absolute Gasteiger partial charge is 0.378 e. The van der Waals surface area contributed by atoms with Crippen molar-refractivity contribution in [3.05, 3.63) is 41.7 Å². The fourth-order valence-corrected chi connectivity index (χ4v) is 3.30. The number of hydrogen-bond donors (Lipinski definition) is 3. The minimum absolute atomic E-state index is 0.0536. The Labute approximate surface area is 165 Å². The zero-order valence-electron chi connectivity index (χ0n) is 15.9. The van der Waals surface area contributed by atoms with E-state index in [1.54, 1.807) is 0 Å². The highest BCUT2D eigenvalue weighted by Gasteiger charge is 2.39. The highest BCUT2D eigenvalue weighted by atomic mass is 19.4. The monoisotopic (exact) mass is 411 g/mol. The van der Waals surface area contributed by atoms with E-state index in [1.807, 2.05) is 0 Å². The van der Waals surface area contributed by atoms with Gasteiger partial charge in [-0.3, -0.25) is 4.79 Å². The van der Waals surface area contributed by atoms with Crippen LogP contribution in [0.5, 0.6) is 0 Å². The molecule has 1 amide bonds. The van der Waals surface area contributed by atoms with Crippen molar-refractivity contribution in [3.63, 3.8) is 0 Å². The molecule has 2 unspecified atom stereocenters. The van der Waals surface area contributed by atoms with Gasteiger partial charge in [-0.05, 0) is 38.3 Å². The lowest BCUT2D eigenvalue weighted by molar-refractivity contribution is -0.137. The average molecular weight is 411 g/mol. The van der Waals surface area contributed by atoms with Gasteiger partial charge >= 0.3 is 6.18 Å². The van der Waals surface area contributed by atoms with Gasteiger partial charge in [0.2, 0.25) is 0 Å². The molecular weight excluding hydrogens is 390 g/mol. The average Bonchev–Trinajstić information content (AvgIpc) is 2.99. The maximum atomic E-state index is 14.7. The van der Waals surface area contributed by atoms with E-state index in [2.05, 4.69) is 25.9 Å². The molecule has 0 bridgehead atoms. The molecule has 2 heterocycles. The van der Waals surface area contributed by atoms with Crippen molar-refractivity contribution in [2.75, 3.05) is 17.7 Å². The molecule has 6 nitrogen and oxygen atoms in total. The van der Waals surface area contributed by atoms with Gasteiger partial charge in [-0.25, -0.2) is 14.4 Å². The van der Waals surface area contributed by atoms with Gasteiger partial charge in [-0.2, -0.15) is 13.2 Å². The molecule has 2 aromatic rings. The first kappa shape index (κ1) is 20.8. The Bertz CT molecular complexity index is 900. The largest absolute Gasteiger partial charge is 0.416 e. The summed E-state index contributed by atoms with van der Waals surface area (Å²) in [5, 5.41) is 8.25. The summed E-state index contributed by atoms with van der Waals surface area (Å²) in [6.07, 6.45) is -0.469. The predicted molar refractivity (Wildman–Crippen MR) is 101 cm³/mol. The summed E-state index contributed by atoms with van der Waals surface area (Å²) in [6, 6.07) is 2.69. The first-order valence-corrected chi connectivity index (χ1v) is 9.08. The van der Waals surface area contributed by atoms with Gasteiger partial charge in [0, 0.05) is 25.5 Å². The van der Waals surface area contributed by atoms with Crippen LogP contribution in [0.15, 0.2) is 30.6 Å². The molecule has 2 aromatic heterocycles. The second-order valence-corrected chi connectivity index (χ2v) is 7.11. The lowest BCUT2D eigenvalue weighted by atomic mass is 10.0. The number of halogens is 4.